The molecule has 0 aliphatic rings. The first-order valence-electron chi connectivity index (χ1n) is 5.11. The zero-order chi connectivity index (χ0) is 13.1. The van der Waals surface area contributed by atoms with E-state index in [0.717, 1.165) is 14.7 Å². The summed E-state index contributed by atoms with van der Waals surface area (Å²) in [5, 5.41) is 0.666. The largest absolute Gasteiger partial charge is 0.464 e. The third-order valence-corrected chi connectivity index (χ3v) is 3.44. The number of nitrogens with zero attached hydrogens (tertiary/aromatic N) is 1. The van der Waals surface area contributed by atoms with E-state index in [-0.39, 0.29) is 0 Å². The van der Waals surface area contributed by atoms with E-state index in [0.29, 0.717) is 10.7 Å². The van der Waals surface area contributed by atoms with Crippen LogP contribution in [0.1, 0.15) is 10.5 Å². The van der Waals surface area contributed by atoms with Crippen molar-refractivity contribution < 1.29 is 9.53 Å². The van der Waals surface area contributed by atoms with Gasteiger partial charge in [-0.1, -0.05) is 23.7 Å². The molecule has 0 saturated carbocycles. The molecule has 0 atom stereocenters. The Labute approximate surface area is 123 Å². The molecule has 0 spiro atoms. The van der Waals surface area contributed by atoms with Crippen molar-refractivity contribution in [1.82, 2.24) is 4.98 Å². The lowest BCUT2D eigenvalue weighted by molar-refractivity contribution is 0.0593. The van der Waals surface area contributed by atoms with E-state index in [1.807, 2.05) is 30.3 Å². The van der Waals surface area contributed by atoms with Crippen LogP contribution in [0.2, 0.25) is 5.02 Å². The summed E-state index contributed by atoms with van der Waals surface area (Å²) in [4.78, 5) is 15.6. The van der Waals surface area contributed by atoms with Crippen LogP contribution in [0.3, 0.4) is 0 Å². The minimum absolute atomic E-state index is 0.323. The number of halogens is 2. The fraction of sp³-hybridized carbons (Fsp3) is 0.0769. The van der Waals surface area contributed by atoms with Crippen LogP contribution in [0.15, 0.2) is 36.5 Å². The number of methoxy groups -OCH3 is 1. The predicted octanol–water partition coefficient (Wildman–Crippen LogP) is 3.79. The SMILES string of the molecule is COC(=O)c1ncc(-c2cccc(Cl)c2)cc1I. The van der Waals surface area contributed by atoms with Crippen LogP contribution >= 0.6 is 34.2 Å². The van der Waals surface area contributed by atoms with E-state index in [1.165, 1.54) is 7.11 Å². The molecule has 5 heteroatoms. The van der Waals surface area contributed by atoms with Gasteiger partial charge >= 0.3 is 5.97 Å². The topological polar surface area (TPSA) is 39.2 Å². The summed E-state index contributed by atoms with van der Waals surface area (Å²) < 4.78 is 5.40. The molecular formula is C13H9ClINO2. The number of carbonyl (C=O) groups excluding carboxylic acids is 1. The molecule has 0 amide bonds. The Morgan fingerprint density at radius 2 is 2.11 bits per heavy atom. The molecule has 18 heavy (non-hydrogen) atoms. The maximum Gasteiger partial charge on any atom is 0.357 e. The number of hydrogen-bond donors (Lipinski definition) is 0. The van der Waals surface area contributed by atoms with Crippen LogP contribution in [0, 0.1) is 3.57 Å². The number of carbonyl (C=O) groups is 1. The Morgan fingerprint density at radius 3 is 2.72 bits per heavy atom. The van der Waals surface area contributed by atoms with E-state index < -0.39 is 5.97 Å². The van der Waals surface area contributed by atoms with Crippen molar-refractivity contribution >= 4 is 40.2 Å². The number of esters is 1. The van der Waals surface area contributed by atoms with Gasteiger partial charge in [0, 0.05) is 20.4 Å². The molecule has 3 nitrogen and oxygen atoms in total. The highest BCUT2D eigenvalue weighted by Crippen LogP contribution is 2.24. The van der Waals surface area contributed by atoms with Crippen molar-refractivity contribution in [2.45, 2.75) is 0 Å². The normalized spacial score (nSPS) is 10.2. The summed E-state index contributed by atoms with van der Waals surface area (Å²) >= 11 is 8.01. The van der Waals surface area contributed by atoms with Crippen LogP contribution in [0.25, 0.3) is 11.1 Å². The lowest BCUT2D eigenvalue weighted by atomic mass is 10.1. The van der Waals surface area contributed by atoms with Gasteiger partial charge in [0.2, 0.25) is 0 Å². The van der Waals surface area contributed by atoms with Gasteiger partial charge in [0.05, 0.1) is 7.11 Å². The Morgan fingerprint density at radius 1 is 1.33 bits per heavy atom. The highest BCUT2D eigenvalue weighted by molar-refractivity contribution is 14.1. The molecule has 0 fully saturated rings. The Kier molecular flexibility index (Phi) is 4.19. The number of ether oxygens (including phenoxy) is 1. The summed E-state index contributed by atoms with van der Waals surface area (Å²) in [6.45, 7) is 0. The second-order valence-electron chi connectivity index (χ2n) is 3.56. The number of rotatable bonds is 2. The van der Waals surface area contributed by atoms with Gasteiger partial charge < -0.3 is 4.74 Å². The lowest BCUT2D eigenvalue weighted by Gasteiger charge is -2.05. The smallest absolute Gasteiger partial charge is 0.357 e. The predicted molar refractivity (Wildman–Crippen MR) is 78.7 cm³/mol. The summed E-state index contributed by atoms with van der Waals surface area (Å²) in [7, 11) is 1.34. The fourth-order valence-electron chi connectivity index (χ4n) is 1.51. The molecule has 2 aromatic rings. The molecule has 1 aromatic carbocycles. The first kappa shape index (κ1) is 13.3. The molecule has 0 bridgehead atoms. The third kappa shape index (κ3) is 2.81. The zero-order valence-electron chi connectivity index (χ0n) is 9.48. The number of hydrogen-bond acceptors (Lipinski definition) is 3. The molecule has 0 aliphatic carbocycles. The van der Waals surface area contributed by atoms with Crippen LogP contribution in [-0.2, 0) is 4.74 Å². The number of aromatic nitrogens is 1. The monoisotopic (exact) mass is 373 g/mol. The molecule has 1 heterocycles. The molecule has 0 aliphatic heterocycles. The summed E-state index contributed by atoms with van der Waals surface area (Å²) in [6.07, 6.45) is 1.64. The fourth-order valence-corrected chi connectivity index (χ4v) is 2.40. The summed E-state index contributed by atoms with van der Waals surface area (Å²) in [5.41, 5.74) is 2.20. The average Bonchev–Trinajstić information content (AvgIpc) is 2.37. The van der Waals surface area contributed by atoms with Crippen molar-refractivity contribution in [3.05, 3.63) is 50.8 Å². The van der Waals surface area contributed by atoms with Gasteiger partial charge in [-0.2, -0.15) is 0 Å². The number of benzene rings is 1. The quantitative estimate of drug-likeness (QED) is 0.594. The van der Waals surface area contributed by atoms with Crippen molar-refractivity contribution in [3.63, 3.8) is 0 Å². The van der Waals surface area contributed by atoms with Gasteiger partial charge in [-0.05, 0) is 46.4 Å². The first-order chi connectivity index (χ1) is 8.61. The van der Waals surface area contributed by atoms with Crippen LogP contribution in [-0.4, -0.2) is 18.1 Å². The molecule has 1 aromatic heterocycles. The van der Waals surface area contributed by atoms with E-state index in [2.05, 4.69) is 32.3 Å². The van der Waals surface area contributed by atoms with Crippen LogP contribution < -0.4 is 0 Å². The number of pyridine rings is 1. The van der Waals surface area contributed by atoms with E-state index in [1.54, 1.807) is 6.20 Å². The molecule has 0 N–H and O–H groups in total. The Hall–Kier alpha value is -1.14. The first-order valence-corrected chi connectivity index (χ1v) is 6.57. The summed E-state index contributed by atoms with van der Waals surface area (Å²) in [5.74, 6) is -0.433. The van der Waals surface area contributed by atoms with Crippen molar-refractivity contribution in [2.24, 2.45) is 0 Å². The highest BCUT2D eigenvalue weighted by Gasteiger charge is 2.12. The second kappa shape index (κ2) is 5.67. The average molecular weight is 374 g/mol. The van der Waals surface area contributed by atoms with E-state index in [9.17, 15) is 4.79 Å². The Bertz CT molecular complexity index is 601. The zero-order valence-corrected chi connectivity index (χ0v) is 12.4. The van der Waals surface area contributed by atoms with Crippen LogP contribution in [0.5, 0.6) is 0 Å². The van der Waals surface area contributed by atoms with Crippen molar-refractivity contribution in [1.29, 1.82) is 0 Å². The van der Waals surface area contributed by atoms with Gasteiger partial charge in [0.15, 0.2) is 5.69 Å². The molecule has 92 valence electrons. The van der Waals surface area contributed by atoms with Gasteiger partial charge in [-0.3, -0.25) is 0 Å². The Balaban J connectivity index is 2.43. The van der Waals surface area contributed by atoms with Crippen LogP contribution in [0.4, 0.5) is 0 Å². The molecule has 0 radical (unpaired) electrons. The molecular weight excluding hydrogens is 365 g/mol. The second-order valence-corrected chi connectivity index (χ2v) is 5.15. The minimum atomic E-state index is -0.433. The minimum Gasteiger partial charge on any atom is -0.464 e. The van der Waals surface area contributed by atoms with E-state index >= 15 is 0 Å². The van der Waals surface area contributed by atoms with Crippen molar-refractivity contribution in [3.8, 4) is 11.1 Å². The van der Waals surface area contributed by atoms with Gasteiger partial charge in [-0.25, -0.2) is 9.78 Å². The van der Waals surface area contributed by atoms with E-state index in [4.69, 9.17) is 11.6 Å². The molecule has 0 saturated heterocycles. The molecule has 0 unspecified atom stereocenters. The van der Waals surface area contributed by atoms with Gasteiger partial charge in [-0.15, -0.1) is 0 Å². The lowest BCUT2D eigenvalue weighted by Crippen LogP contribution is -2.06. The standard InChI is InChI=1S/C13H9ClINO2/c1-18-13(17)12-11(15)6-9(7-16-12)8-3-2-4-10(14)5-8/h2-7H,1H3. The van der Waals surface area contributed by atoms with Gasteiger partial charge in [0.1, 0.15) is 0 Å². The summed E-state index contributed by atoms with van der Waals surface area (Å²) in [6, 6.07) is 9.36. The maximum atomic E-state index is 11.4. The highest BCUT2D eigenvalue weighted by atomic mass is 127. The molecule has 2 rings (SSSR count). The van der Waals surface area contributed by atoms with Crippen molar-refractivity contribution in [2.75, 3.05) is 7.11 Å². The third-order valence-electron chi connectivity index (χ3n) is 2.38. The maximum absolute atomic E-state index is 11.4. The van der Waals surface area contributed by atoms with Gasteiger partial charge in [0.25, 0.3) is 0 Å².